The second-order valence-corrected chi connectivity index (χ2v) is 10.5. The zero-order valence-corrected chi connectivity index (χ0v) is 19.1. The molecule has 1 aliphatic rings. The van der Waals surface area contributed by atoms with E-state index in [0.29, 0.717) is 31.4 Å². The van der Waals surface area contributed by atoms with Gasteiger partial charge in [0.15, 0.2) is 14.6 Å². The highest BCUT2D eigenvalue weighted by Gasteiger charge is 2.53. The molecule has 1 saturated carbocycles. The van der Waals surface area contributed by atoms with Gasteiger partial charge >= 0.3 is 0 Å². The van der Waals surface area contributed by atoms with Crippen molar-refractivity contribution in [2.24, 2.45) is 0 Å². The molecule has 0 spiro atoms. The first-order chi connectivity index (χ1) is 14.2. The van der Waals surface area contributed by atoms with Crippen molar-refractivity contribution in [3.05, 3.63) is 58.7 Å². The summed E-state index contributed by atoms with van der Waals surface area (Å²) in [7, 11) is -2.18. The summed E-state index contributed by atoms with van der Waals surface area (Å²) in [5, 5.41) is 2.92. The number of hydrogen-bond donors (Lipinski definition) is 1. The fourth-order valence-corrected chi connectivity index (χ4v) is 6.74. The van der Waals surface area contributed by atoms with Crippen molar-refractivity contribution in [1.29, 1.82) is 0 Å². The lowest BCUT2D eigenvalue weighted by Gasteiger charge is -2.28. The minimum atomic E-state index is -3.80. The predicted molar refractivity (Wildman–Crippen MR) is 119 cm³/mol. The Labute approximate surface area is 179 Å². The fraction of sp³-hybridized carbons (Fsp3) is 0.458. The first-order valence-corrected chi connectivity index (χ1v) is 11.9. The minimum Gasteiger partial charge on any atom is -0.496 e. The van der Waals surface area contributed by atoms with Gasteiger partial charge in [-0.2, -0.15) is 0 Å². The van der Waals surface area contributed by atoms with Gasteiger partial charge in [0.25, 0.3) is 0 Å². The van der Waals surface area contributed by atoms with E-state index in [4.69, 9.17) is 4.74 Å². The van der Waals surface area contributed by atoms with E-state index in [1.165, 1.54) is 0 Å². The lowest BCUT2D eigenvalue weighted by Crippen LogP contribution is -2.51. The molecule has 0 heterocycles. The van der Waals surface area contributed by atoms with Gasteiger partial charge in [0.2, 0.25) is 5.91 Å². The molecule has 0 aliphatic heterocycles. The number of carbonyl (C=O) groups excluding carboxylic acids is 1. The Morgan fingerprint density at radius 3 is 2.33 bits per heavy atom. The number of methoxy groups -OCH3 is 1. The van der Waals surface area contributed by atoms with Crippen LogP contribution in [0.25, 0.3) is 0 Å². The van der Waals surface area contributed by atoms with E-state index < -0.39 is 14.6 Å². The molecule has 3 rings (SSSR count). The topological polar surface area (TPSA) is 72.5 Å². The highest BCUT2D eigenvalue weighted by Crippen LogP contribution is 2.41. The van der Waals surface area contributed by atoms with E-state index in [1.54, 1.807) is 20.1 Å². The third-order valence-corrected chi connectivity index (χ3v) is 8.73. The van der Waals surface area contributed by atoms with Gasteiger partial charge in [0.05, 0.1) is 12.0 Å². The molecule has 0 radical (unpaired) electrons. The molecule has 1 amide bonds. The van der Waals surface area contributed by atoms with Crippen molar-refractivity contribution in [3.8, 4) is 5.75 Å². The zero-order chi connectivity index (χ0) is 21.9. The Hall–Kier alpha value is -2.34. The summed E-state index contributed by atoms with van der Waals surface area (Å²) in [5.74, 6) is 0.390. The Kier molecular flexibility index (Phi) is 6.56. The van der Waals surface area contributed by atoms with Crippen molar-refractivity contribution in [3.63, 3.8) is 0 Å². The van der Waals surface area contributed by atoms with Gasteiger partial charge in [-0.3, -0.25) is 4.79 Å². The van der Waals surface area contributed by atoms with Crippen LogP contribution in [0.4, 0.5) is 0 Å². The van der Waals surface area contributed by atoms with Crippen LogP contribution in [0.1, 0.15) is 47.9 Å². The molecular weight excluding hydrogens is 398 g/mol. The van der Waals surface area contributed by atoms with Crippen molar-refractivity contribution >= 4 is 15.7 Å². The number of rotatable bonds is 7. The van der Waals surface area contributed by atoms with Crippen LogP contribution in [0.15, 0.2) is 41.3 Å². The van der Waals surface area contributed by atoms with Crippen LogP contribution in [-0.4, -0.2) is 32.7 Å². The zero-order valence-electron chi connectivity index (χ0n) is 18.2. The number of carbonyl (C=O) groups is 1. The molecule has 162 valence electrons. The summed E-state index contributed by atoms with van der Waals surface area (Å²) in [5.41, 5.74) is 3.67. The van der Waals surface area contributed by atoms with E-state index in [2.05, 4.69) is 5.32 Å². The first-order valence-electron chi connectivity index (χ1n) is 10.4. The third kappa shape index (κ3) is 4.10. The van der Waals surface area contributed by atoms with Crippen LogP contribution < -0.4 is 10.1 Å². The molecule has 0 bridgehead atoms. The lowest BCUT2D eigenvalue weighted by molar-refractivity contribution is -0.123. The molecule has 6 heteroatoms. The van der Waals surface area contributed by atoms with E-state index in [-0.39, 0.29) is 10.8 Å². The molecule has 0 aromatic heterocycles. The first kappa shape index (κ1) is 22.3. The Morgan fingerprint density at radius 1 is 1.03 bits per heavy atom. The van der Waals surface area contributed by atoms with Gasteiger partial charge < -0.3 is 10.1 Å². The third-order valence-electron chi connectivity index (χ3n) is 6.09. The number of nitrogens with one attached hydrogen (secondary N) is 1. The van der Waals surface area contributed by atoms with E-state index in [1.807, 2.05) is 44.2 Å². The molecule has 1 N–H and O–H groups in total. The SMILES string of the molecule is COc1ccc(C)cc1CCNC(=O)C1(S(=O)(=O)c2cc(C)ccc2C)CCCC1. The van der Waals surface area contributed by atoms with E-state index in [0.717, 1.165) is 35.3 Å². The number of amides is 1. The molecule has 2 aromatic carbocycles. The van der Waals surface area contributed by atoms with Gasteiger partial charge in [0.1, 0.15) is 5.75 Å². The number of benzene rings is 2. The predicted octanol–water partition coefficient (Wildman–Crippen LogP) is 4.07. The number of ether oxygens (including phenoxy) is 1. The van der Waals surface area contributed by atoms with Crippen LogP contribution >= 0.6 is 0 Å². The number of sulfone groups is 1. The molecule has 30 heavy (non-hydrogen) atoms. The highest BCUT2D eigenvalue weighted by molar-refractivity contribution is 7.93. The van der Waals surface area contributed by atoms with Crippen LogP contribution in [-0.2, 0) is 21.1 Å². The van der Waals surface area contributed by atoms with Gasteiger partial charge in [-0.1, -0.05) is 42.7 Å². The summed E-state index contributed by atoms with van der Waals surface area (Å²) in [6.07, 6.45) is 2.78. The van der Waals surface area contributed by atoms with Gasteiger partial charge in [0, 0.05) is 6.54 Å². The highest BCUT2D eigenvalue weighted by atomic mass is 32.2. The number of hydrogen-bond acceptors (Lipinski definition) is 4. The molecule has 2 aromatic rings. The van der Waals surface area contributed by atoms with E-state index >= 15 is 0 Å². The average molecular weight is 430 g/mol. The molecule has 0 atom stereocenters. The Balaban J connectivity index is 1.83. The molecular formula is C24H31NO4S. The molecule has 0 unspecified atom stereocenters. The minimum absolute atomic E-state index is 0.278. The summed E-state index contributed by atoms with van der Waals surface area (Å²) < 4.78 is 31.4. The second-order valence-electron chi connectivity index (χ2n) is 8.29. The summed E-state index contributed by atoms with van der Waals surface area (Å²) in [4.78, 5) is 13.6. The van der Waals surface area contributed by atoms with Gasteiger partial charge in [-0.05, 0) is 68.9 Å². The maximum Gasteiger partial charge on any atom is 0.241 e. The smallest absolute Gasteiger partial charge is 0.241 e. The van der Waals surface area contributed by atoms with Crippen molar-refractivity contribution in [2.75, 3.05) is 13.7 Å². The van der Waals surface area contributed by atoms with Crippen molar-refractivity contribution < 1.29 is 17.9 Å². The monoisotopic (exact) mass is 429 g/mol. The van der Waals surface area contributed by atoms with Gasteiger partial charge in [-0.25, -0.2) is 8.42 Å². The van der Waals surface area contributed by atoms with Gasteiger partial charge in [-0.15, -0.1) is 0 Å². The van der Waals surface area contributed by atoms with Crippen LogP contribution in [0, 0.1) is 20.8 Å². The largest absolute Gasteiger partial charge is 0.496 e. The van der Waals surface area contributed by atoms with Crippen LogP contribution in [0.3, 0.4) is 0 Å². The molecule has 1 fully saturated rings. The summed E-state index contributed by atoms with van der Waals surface area (Å²) in [6, 6.07) is 11.3. The normalized spacial score (nSPS) is 15.7. The Bertz CT molecular complexity index is 1040. The van der Waals surface area contributed by atoms with Crippen molar-refractivity contribution in [1.82, 2.24) is 5.32 Å². The van der Waals surface area contributed by atoms with Crippen molar-refractivity contribution in [2.45, 2.75) is 62.5 Å². The standard InChI is InChI=1S/C24H31NO4S/c1-17-8-10-21(29-4)20(15-17)11-14-25-23(26)24(12-5-6-13-24)30(27,28)22-16-18(2)7-9-19(22)3/h7-10,15-16H,5-6,11-14H2,1-4H3,(H,25,26). The fourth-order valence-electron chi connectivity index (χ4n) is 4.35. The Morgan fingerprint density at radius 2 is 1.67 bits per heavy atom. The molecule has 1 aliphatic carbocycles. The lowest BCUT2D eigenvalue weighted by atomic mass is 10.1. The maximum absolute atomic E-state index is 13.7. The summed E-state index contributed by atoms with van der Waals surface area (Å²) >= 11 is 0. The molecule has 5 nitrogen and oxygen atoms in total. The second kappa shape index (κ2) is 8.80. The van der Waals surface area contributed by atoms with E-state index in [9.17, 15) is 13.2 Å². The van der Waals surface area contributed by atoms with Crippen LogP contribution in [0.5, 0.6) is 5.75 Å². The average Bonchev–Trinajstić information content (AvgIpc) is 3.22. The summed E-state index contributed by atoms with van der Waals surface area (Å²) in [6.45, 7) is 6.03. The maximum atomic E-state index is 13.7. The quantitative estimate of drug-likeness (QED) is 0.720. The molecule has 0 saturated heterocycles. The van der Waals surface area contributed by atoms with Crippen LogP contribution in [0.2, 0.25) is 0 Å². The number of aryl methyl sites for hydroxylation is 3.